The van der Waals surface area contributed by atoms with Gasteiger partial charge < -0.3 is 15.7 Å². The SMILES string of the molecule is CCN(C(=O)c1ccncc1O)C1CCC(N)CC1. The molecule has 2 rings (SSSR count). The zero-order chi connectivity index (χ0) is 13.8. The number of rotatable bonds is 3. The molecule has 1 amide bonds. The Kier molecular flexibility index (Phi) is 4.37. The van der Waals surface area contributed by atoms with E-state index in [-0.39, 0.29) is 23.7 Å². The smallest absolute Gasteiger partial charge is 0.257 e. The third-order valence-electron chi connectivity index (χ3n) is 3.81. The number of nitrogens with two attached hydrogens (primary N) is 1. The molecule has 0 bridgehead atoms. The fraction of sp³-hybridized carbons (Fsp3) is 0.571. The summed E-state index contributed by atoms with van der Waals surface area (Å²) in [5.74, 6) is -0.179. The lowest BCUT2D eigenvalue weighted by molar-refractivity contribution is 0.0637. The molecule has 1 fully saturated rings. The number of aromatic nitrogens is 1. The Bertz CT molecular complexity index is 442. The van der Waals surface area contributed by atoms with E-state index >= 15 is 0 Å². The molecule has 1 aromatic rings. The molecule has 1 aliphatic carbocycles. The molecule has 5 nitrogen and oxygen atoms in total. The second-order valence-corrected chi connectivity index (χ2v) is 5.05. The van der Waals surface area contributed by atoms with Crippen LogP contribution in [0.4, 0.5) is 0 Å². The molecule has 1 saturated carbocycles. The molecule has 1 heterocycles. The maximum Gasteiger partial charge on any atom is 0.257 e. The number of pyridine rings is 1. The van der Waals surface area contributed by atoms with Gasteiger partial charge in [-0.1, -0.05) is 0 Å². The zero-order valence-electron chi connectivity index (χ0n) is 11.2. The van der Waals surface area contributed by atoms with Gasteiger partial charge in [0.05, 0.1) is 11.8 Å². The molecule has 1 aromatic heterocycles. The van der Waals surface area contributed by atoms with Crippen molar-refractivity contribution >= 4 is 5.91 Å². The zero-order valence-corrected chi connectivity index (χ0v) is 11.2. The van der Waals surface area contributed by atoms with Crippen LogP contribution in [0.5, 0.6) is 5.75 Å². The van der Waals surface area contributed by atoms with Crippen molar-refractivity contribution in [2.24, 2.45) is 5.73 Å². The Balaban J connectivity index is 2.13. The van der Waals surface area contributed by atoms with Crippen LogP contribution < -0.4 is 5.73 Å². The number of aromatic hydroxyl groups is 1. The van der Waals surface area contributed by atoms with E-state index in [2.05, 4.69) is 4.98 Å². The Morgan fingerprint density at radius 2 is 2.16 bits per heavy atom. The van der Waals surface area contributed by atoms with Gasteiger partial charge in [0, 0.05) is 24.8 Å². The highest BCUT2D eigenvalue weighted by Gasteiger charge is 2.28. The van der Waals surface area contributed by atoms with Crippen LogP contribution in [0.3, 0.4) is 0 Å². The first-order valence-electron chi connectivity index (χ1n) is 6.83. The number of carbonyl (C=O) groups is 1. The maximum absolute atomic E-state index is 12.5. The second kappa shape index (κ2) is 6.02. The quantitative estimate of drug-likeness (QED) is 0.866. The Morgan fingerprint density at radius 3 is 2.74 bits per heavy atom. The van der Waals surface area contributed by atoms with E-state index in [1.807, 2.05) is 11.8 Å². The van der Waals surface area contributed by atoms with E-state index in [1.165, 1.54) is 12.4 Å². The standard InChI is InChI=1S/C14H21N3O2/c1-2-17(11-5-3-10(15)4-6-11)14(19)12-7-8-16-9-13(12)18/h7-11,18H,2-6,15H2,1H3. The van der Waals surface area contributed by atoms with Crippen molar-refractivity contribution in [3.05, 3.63) is 24.0 Å². The number of hydrogen-bond donors (Lipinski definition) is 2. The van der Waals surface area contributed by atoms with E-state index in [0.717, 1.165) is 25.7 Å². The highest BCUT2D eigenvalue weighted by atomic mass is 16.3. The molecular weight excluding hydrogens is 242 g/mol. The predicted molar refractivity (Wildman–Crippen MR) is 72.8 cm³/mol. The summed E-state index contributed by atoms with van der Waals surface area (Å²) in [5, 5.41) is 9.74. The first-order chi connectivity index (χ1) is 9.13. The summed E-state index contributed by atoms with van der Waals surface area (Å²) in [6, 6.07) is 2.05. The van der Waals surface area contributed by atoms with Gasteiger partial charge in [-0.15, -0.1) is 0 Å². The fourth-order valence-corrected chi connectivity index (χ4v) is 2.70. The van der Waals surface area contributed by atoms with Gasteiger partial charge in [-0.25, -0.2) is 0 Å². The molecule has 0 atom stereocenters. The van der Waals surface area contributed by atoms with E-state index in [9.17, 15) is 9.90 Å². The first-order valence-corrected chi connectivity index (χ1v) is 6.83. The molecule has 19 heavy (non-hydrogen) atoms. The fourth-order valence-electron chi connectivity index (χ4n) is 2.70. The van der Waals surface area contributed by atoms with Crippen molar-refractivity contribution in [2.75, 3.05) is 6.54 Å². The van der Waals surface area contributed by atoms with Crippen molar-refractivity contribution in [1.29, 1.82) is 0 Å². The summed E-state index contributed by atoms with van der Waals surface area (Å²) in [6.45, 7) is 2.60. The van der Waals surface area contributed by atoms with Crippen molar-refractivity contribution in [3.63, 3.8) is 0 Å². The Hall–Kier alpha value is -1.62. The number of nitrogens with zero attached hydrogens (tertiary/aromatic N) is 2. The maximum atomic E-state index is 12.5. The normalized spacial score (nSPS) is 23.1. The molecule has 0 aromatic carbocycles. The highest BCUT2D eigenvalue weighted by Crippen LogP contribution is 2.25. The summed E-state index contributed by atoms with van der Waals surface area (Å²) in [6.07, 6.45) is 6.61. The van der Waals surface area contributed by atoms with Gasteiger partial charge in [0.15, 0.2) is 0 Å². The third-order valence-corrected chi connectivity index (χ3v) is 3.81. The van der Waals surface area contributed by atoms with Gasteiger partial charge in [-0.05, 0) is 38.7 Å². The number of carbonyl (C=O) groups excluding carboxylic acids is 1. The van der Waals surface area contributed by atoms with Crippen LogP contribution in [0.2, 0.25) is 0 Å². The van der Waals surface area contributed by atoms with Crippen LogP contribution in [-0.2, 0) is 0 Å². The van der Waals surface area contributed by atoms with Gasteiger partial charge in [0.2, 0.25) is 0 Å². The summed E-state index contributed by atoms with van der Waals surface area (Å²) >= 11 is 0. The van der Waals surface area contributed by atoms with Crippen LogP contribution in [0, 0.1) is 0 Å². The van der Waals surface area contributed by atoms with Crippen LogP contribution in [-0.4, -0.2) is 39.5 Å². The second-order valence-electron chi connectivity index (χ2n) is 5.05. The summed E-state index contributed by atoms with van der Waals surface area (Å²) < 4.78 is 0. The van der Waals surface area contributed by atoms with Gasteiger partial charge >= 0.3 is 0 Å². The number of hydrogen-bond acceptors (Lipinski definition) is 4. The minimum Gasteiger partial charge on any atom is -0.505 e. The minimum absolute atomic E-state index is 0.0570. The summed E-state index contributed by atoms with van der Waals surface area (Å²) in [5.41, 5.74) is 6.22. The lowest BCUT2D eigenvalue weighted by Gasteiger charge is -2.35. The molecule has 1 aliphatic rings. The van der Waals surface area contributed by atoms with Crippen LogP contribution in [0.1, 0.15) is 43.0 Å². The molecule has 104 valence electrons. The van der Waals surface area contributed by atoms with Gasteiger partial charge in [-0.2, -0.15) is 0 Å². The van der Waals surface area contributed by atoms with E-state index in [4.69, 9.17) is 5.73 Å². The molecule has 0 radical (unpaired) electrons. The Labute approximate surface area is 113 Å². The summed E-state index contributed by atoms with van der Waals surface area (Å²) in [4.78, 5) is 18.1. The molecule has 5 heteroatoms. The molecule has 0 saturated heterocycles. The average molecular weight is 263 g/mol. The lowest BCUT2D eigenvalue weighted by atomic mass is 9.90. The monoisotopic (exact) mass is 263 g/mol. The van der Waals surface area contributed by atoms with Crippen LogP contribution in [0.15, 0.2) is 18.5 Å². The molecule has 0 unspecified atom stereocenters. The van der Waals surface area contributed by atoms with Crippen molar-refractivity contribution in [1.82, 2.24) is 9.88 Å². The number of amides is 1. The van der Waals surface area contributed by atoms with E-state index < -0.39 is 0 Å². The summed E-state index contributed by atoms with van der Waals surface area (Å²) in [7, 11) is 0. The molecular formula is C14H21N3O2. The largest absolute Gasteiger partial charge is 0.505 e. The van der Waals surface area contributed by atoms with Gasteiger partial charge in [-0.3, -0.25) is 9.78 Å². The van der Waals surface area contributed by atoms with Crippen molar-refractivity contribution in [3.8, 4) is 5.75 Å². The molecule has 0 aliphatic heterocycles. The Morgan fingerprint density at radius 1 is 1.47 bits per heavy atom. The van der Waals surface area contributed by atoms with E-state index in [0.29, 0.717) is 12.1 Å². The van der Waals surface area contributed by atoms with Gasteiger partial charge in [0.25, 0.3) is 5.91 Å². The van der Waals surface area contributed by atoms with Gasteiger partial charge in [0.1, 0.15) is 5.75 Å². The average Bonchev–Trinajstić information content (AvgIpc) is 2.42. The first kappa shape index (κ1) is 13.8. The van der Waals surface area contributed by atoms with Crippen LogP contribution >= 0.6 is 0 Å². The minimum atomic E-state index is -0.122. The lowest BCUT2D eigenvalue weighted by Crippen LogP contribution is -2.44. The third kappa shape index (κ3) is 3.04. The van der Waals surface area contributed by atoms with Crippen LogP contribution in [0.25, 0.3) is 0 Å². The molecule has 0 spiro atoms. The van der Waals surface area contributed by atoms with Crippen molar-refractivity contribution in [2.45, 2.75) is 44.7 Å². The topological polar surface area (TPSA) is 79.5 Å². The van der Waals surface area contributed by atoms with E-state index in [1.54, 1.807) is 6.07 Å². The highest BCUT2D eigenvalue weighted by molar-refractivity contribution is 5.96. The molecule has 3 N–H and O–H groups in total. The van der Waals surface area contributed by atoms with Crippen molar-refractivity contribution < 1.29 is 9.90 Å². The predicted octanol–water partition coefficient (Wildman–Crippen LogP) is 1.52.